The maximum Gasteiger partial charge on any atom is 0.308 e. The fraction of sp³-hybridized carbons (Fsp3) is 0.667. The van der Waals surface area contributed by atoms with E-state index in [2.05, 4.69) is 9.97 Å². The molecular formula is C15H23N3O3. The standard InChI is InChI=1S/C15H23N3O3/c1-11(15(19)20)9-18(2)13-7-16-8-14(17-13)21-10-12-5-3-4-6-12/h7-8,11-12H,3-6,9-10H2,1-2H3,(H,19,20). The summed E-state index contributed by atoms with van der Waals surface area (Å²) in [6, 6.07) is 0. The largest absolute Gasteiger partial charge is 0.481 e. The second-order valence-electron chi connectivity index (χ2n) is 5.80. The summed E-state index contributed by atoms with van der Waals surface area (Å²) in [6.07, 6.45) is 8.25. The van der Waals surface area contributed by atoms with Crippen molar-refractivity contribution in [3.8, 4) is 5.88 Å². The summed E-state index contributed by atoms with van der Waals surface area (Å²) in [7, 11) is 1.81. The number of carboxylic acid groups (broad SMARTS) is 1. The Bertz CT molecular complexity index is 475. The van der Waals surface area contributed by atoms with Gasteiger partial charge in [-0.25, -0.2) is 0 Å². The second-order valence-corrected chi connectivity index (χ2v) is 5.80. The number of hydrogen-bond acceptors (Lipinski definition) is 5. The summed E-state index contributed by atoms with van der Waals surface area (Å²) in [6.45, 7) is 2.75. The number of ether oxygens (including phenoxy) is 1. The lowest BCUT2D eigenvalue weighted by molar-refractivity contribution is -0.140. The van der Waals surface area contributed by atoms with Crippen LogP contribution in [0.3, 0.4) is 0 Å². The average molecular weight is 293 g/mol. The van der Waals surface area contributed by atoms with Gasteiger partial charge in [0.1, 0.15) is 0 Å². The van der Waals surface area contributed by atoms with E-state index in [4.69, 9.17) is 9.84 Å². The topological polar surface area (TPSA) is 75.5 Å². The number of aromatic nitrogens is 2. The molecule has 1 N–H and O–H groups in total. The molecule has 0 aromatic carbocycles. The van der Waals surface area contributed by atoms with Gasteiger partial charge in [0, 0.05) is 13.6 Å². The number of nitrogens with zero attached hydrogens (tertiary/aromatic N) is 3. The summed E-state index contributed by atoms with van der Waals surface area (Å²) in [5.74, 6) is 0.491. The first-order chi connectivity index (χ1) is 10.1. The van der Waals surface area contributed by atoms with E-state index in [1.807, 2.05) is 7.05 Å². The third-order valence-corrected chi connectivity index (χ3v) is 3.90. The van der Waals surface area contributed by atoms with Gasteiger partial charge in [-0.15, -0.1) is 0 Å². The first-order valence-corrected chi connectivity index (χ1v) is 7.45. The quantitative estimate of drug-likeness (QED) is 0.830. The predicted octanol–water partition coefficient (Wildman–Crippen LogP) is 2.20. The van der Waals surface area contributed by atoms with E-state index in [1.165, 1.54) is 25.7 Å². The summed E-state index contributed by atoms with van der Waals surface area (Å²) in [4.78, 5) is 21.2. The van der Waals surface area contributed by atoms with Crippen molar-refractivity contribution in [2.45, 2.75) is 32.6 Å². The van der Waals surface area contributed by atoms with Gasteiger partial charge in [-0.1, -0.05) is 19.8 Å². The lowest BCUT2D eigenvalue weighted by Gasteiger charge is -2.20. The summed E-state index contributed by atoms with van der Waals surface area (Å²) in [5, 5.41) is 8.95. The zero-order valence-corrected chi connectivity index (χ0v) is 12.7. The normalized spacial score (nSPS) is 16.7. The van der Waals surface area contributed by atoms with Crippen LogP contribution in [0.5, 0.6) is 5.88 Å². The van der Waals surface area contributed by atoms with Crippen molar-refractivity contribution in [3.63, 3.8) is 0 Å². The van der Waals surface area contributed by atoms with Gasteiger partial charge in [0.05, 0.1) is 24.9 Å². The van der Waals surface area contributed by atoms with Crippen molar-refractivity contribution in [2.75, 3.05) is 25.1 Å². The number of aliphatic carboxylic acids is 1. The Morgan fingerprint density at radius 1 is 1.48 bits per heavy atom. The Morgan fingerprint density at radius 2 is 2.19 bits per heavy atom. The van der Waals surface area contributed by atoms with Crippen LogP contribution in [0.4, 0.5) is 5.82 Å². The van der Waals surface area contributed by atoms with E-state index in [0.29, 0.717) is 30.8 Å². The van der Waals surface area contributed by atoms with Crippen LogP contribution in [-0.4, -0.2) is 41.2 Å². The summed E-state index contributed by atoms with van der Waals surface area (Å²) < 4.78 is 5.72. The smallest absolute Gasteiger partial charge is 0.308 e. The van der Waals surface area contributed by atoms with Crippen molar-refractivity contribution in [1.29, 1.82) is 0 Å². The monoisotopic (exact) mass is 293 g/mol. The lowest BCUT2D eigenvalue weighted by atomic mass is 10.1. The van der Waals surface area contributed by atoms with E-state index in [-0.39, 0.29) is 0 Å². The van der Waals surface area contributed by atoms with Crippen molar-refractivity contribution in [3.05, 3.63) is 12.4 Å². The van der Waals surface area contributed by atoms with E-state index < -0.39 is 11.9 Å². The average Bonchev–Trinajstić information content (AvgIpc) is 2.98. The maximum atomic E-state index is 10.9. The number of hydrogen-bond donors (Lipinski definition) is 1. The molecule has 1 fully saturated rings. The molecule has 6 heteroatoms. The zero-order valence-electron chi connectivity index (χ0n) is 12.7. The molecular weight excluding hydrogens is 270 g/mol. The molecule has 0 spiro atoms. The Balaban J connectivity index is 1.91. The highest BCUT2D eigenvalue weighted by molar-refractivity contribution is 5.70. The van der Waals surface area contributed by atoms with Gasteiger partial charge in [0.25, 0.3) is 0 Å². The molecule has 0 aliphatic heterocycles. The molecule has 1 aromatic rings. The molecule has 0 saturated heterocycles. The molecule has 0 amide bonds. The molecule has 1 aliphatic carbocycles. The van der Waals surface area contributed by atoms with E-state index in [9.17, 15) is 4.79 Å². The van der Waals surface area contributed by atoms with Crippen LogP contribution in [0.15, 0.2) is 12.4 Å². The van der Waals surface area contributed by atoms with Crippen molar-refractivity contribution >= 4 is 11.8 Å². The second kappa shape index (κ2) is 7.24. The molecule has 2 rings (SSSR count). The third kappa shape index (κ3) is 4.58. The Hall–Kier alpha value is -1.85. The molecule has 21 heavy (non-hydrogen) atoms. The van der Waals surface area contributed by atoms with Crippen LogP contribution < -0.4 is 9.64 Å². The van der Waals surface area contributed by atoms with Gasteiger partial charge < -0.3 is 14.7 Å². The Labute approximate surface area is 125 Å². The third-order valence-electron chi connectivity index (χ3n) is 3.90. The highest BCUT2D eigenvalue weighted by Crippen LogP contribution is 2.25. The van der Waals surface area contributed by atoms with Gasteiger partial charge >= 0.3 is 5.97 Å². The fourth-order valence-corrected chi connectivity index (χ4v) is 2.55. The van der Waals surface area contributed by atoms with Crippen molar-refractivity contribution in [2.24, 2.45) is 11.8 Å². The lowest BCUT2D eigenvalue weighted by Crippen LogP contribution is -2.29. The van der Waals surface area contributed by atoms with Crippen LogP contribution in [0.2, 0.25) is 0 Å². The van der Waals surface area contributed by atoms with E-state index >= 15 is 0 Å². The minimum absolute atomic E-state index is 0.385. The van der Waals surface area contributed by atoms with Crippen molar-refractivity contribution in [1.82, 2.24) is 9.97 Å². The molecule has 116 valence electrons. The predicted molar refractivity (Wildman–Crippen MR) is 79.6 cm³/mol. The van der Waals surface area contributed by atoms with Gasteiger partial charge in [0.2, 0.25) is 5.88 Å². The summed E-state index contributed by atoms with van der Waals surface area (Å²) in [5.41, 5.74) is 0. The number of carboxylic acids is 1. The molecule has 0 radical (unpaired) electrons. The number of anilines is 1. The molecule has 1 aromatic heterocycles. The van der Waals surface area contributed by atoms with Gasteiger partial charge in [0.15, 0.2) is 5.82 Å². The van der Waals surface area contributed by atoms with Crippen LogP contribution in [0, 0.1) is 11.8 Å². The van der Waals surface area contributed by atoms with Gasteiger partial charge in [-0.2, -0.15) is 4.98 Å². The molecule has 1 aliphatic rings. The molecule has 6 nitrogen and oxygen atoms in total. The first kappa shape index (κ1) is 15.5. The Morgan fingerprint density at radius 3 is 2.86 bits per heavy atom. The van der Waals surface area contributed by atoms with Crippen LogP contribution in [-0.2, 0) is 4.79 Å². The van der Waals surface area contributed by atoms with Crippen LogP contribution in [0.25, 0.3) is 0 Å². The first-order valence-electron chi connectivity index (χ1n) is 7.45. The maximum absolute atomic E-state index is 10.9. The Kier molecular flexibility index (Phi) is 5.36. The minimum Gasteiger partial charge on any atom is -0.481 e. The SMILES string of the molecule is CC(CN(C)c1cncc(OCC2CCCC2)n1)C(=O)O. The summed E-state index contributed by atoms with van der Waals surface area (Å²) >= 11 is 0. The minimum atomic E-state index is -0.816. The van der Waals surface area contributed by atoms with E-state index in [0.717, 1.165) is 0 Å². The highest BCUT2D eigenvalue weighted by Gasteiger charge is 2.17. The van der Waals surface area contributed by atoms with Gasteiger partial charge in [-0.05, 0) is 18.8 Å². The van der Waals surface area contributed by atoms with Crippen LogP contribution in [0.1, 0.15) is 32.6 Å². The highest BCUT2D eigenvalue weighted by atomic mass is 16.5. The van der Waals surface area contributed by atoms with Crippen LogP contribution >= 0.6 is 0 Å². The van der Waals surface area contributed by atoms with Crippen molar-refractivity contribution < 1.29 is 14.6 Å². The molecule has 0 bridgehead atoms. The number of carbonyl (C=O) groups is 1. The fourth-order valence-electron chi connectivity index (χ4n) is 2.55. The number of rotatable bonds is 7. The molecule has 1 unspecified atom stereocenters. The van der Waals surface area contributed by atoms with Gasteiger partial charge in [-0.3, -0.25) is 9.78 Å². The molecule has 1 atom stereocenters. The molecule has 1 saturated carbocycles. The zero-order chi connectivity index (χ0) is 15.2. The molecule has 1 heterocycles. The van der Waals surface area contributed by atoms with E-state index in [1.54, 1.807) is 24.2 Å².